The Morgan fingerprint density at radius 1 is 1.16 bits per heavy atom. The molecule has 1 N–H and O–H groups in total. The van der Waals surface area contributed by atoms with E-state index >= 15 is 0 Å². The molecule has 4 rings (SSSR count). The van der Waals surface area contributed by atoms with E-state index in [2.05, 4.69) is 10.5 Å². The SMILES string of the molecule is CC[C@H](OC(=O)c1ccc2c(c1)C(=O)N(Cc1ccco1)C2=O)C(=O)Nc1cc(C)on1. The van der Waals surface area contributed by atoms with Gasteiger partial charge in [0, 0.05) is 6.07 Å². The van der Waals surface area contributed by atoms with E-state index < -0.39 is 29.8 Å². The van der Waals surface area contributed by atoms with E-state index in [0.717, 1.165) is 4.90 Å². The fraction of sp³-hybridized carbons (Fsp3) is 0.227. The van der Waals surface area contributed by atoms with Gasteiger partial charge in [0.1, 0.15) is 11.5 Å². The second-order valence-corrected chi connectivity index (χ2v) is 7.15. The quantitative estimate of drug-likeness (QED) is 0.441. The number of fused-ring (bicyclic) bond motifs is 1. The number of aryl methyl sites for hydroxylation is 1. The number of esters is 1. The standard InChI is InChI=1S/C22H19N3O7/c1-3-17(19(26)23-18-9-12(2)32-24-18)31-22(29)13-6-7-15-16(10-13)21(28)25(20(15)27)11-14-5-4-8-30-14/h4-10,17H,3,11H2,1-2H3,(H,23,24,26)/t17-/m0/s1. The molecule has 0 aliphatic carbocycles. The summed E-state index contributed by atoms with van der Waals surface area (Å²) in [5.41, 5.74) is 0.323. The van der Waals surface area contributed by atoms with Crippen molar-refractivity contribution in [3.63, 3.8) is 0 Å². The highest BCUT2D eigenvalue weighted by atomic mass is 16.5. The first kappa shape index (κ1) is 21.0. The Morgan fingerprint density at radius 2 is 1.94 bits per heavy atom. The van der Waals surface area contributed by atoms with E-state index in [9.17, 15) is 19.2 Å². The molecule has 3 aromatic rings. The molecule has 0 bridgehead atoms. The number of furan rings is 1. The average molecular weight is 437 g/mol. The van der Waals surface area contributed by atoms with Gasteiger partial charge in [0.05, 0.1) is 29.5 Å². The molecule has 1 aliphatic rings. The minimum atomic E-state index is -1.08. The molecule has 3 heterocycles. The van der Waals surface area contributed by atoms with E-state index in [1.54, 1.807) is 26.0 Å². The maximum atomic E-state index is 12.7. The molecule has 3 amide bonds. The molecule has 0 radical (unpaired) electrons. The van der Waals surface area contributed by atoms with Gasteiger partial charge in [-0.25, -0.2) is 4.79 Å². The number of imide groups is 1. The zero-order chi connectivity index (χ0) is 22.8. The van der Waals surface area contributed by atoms with Gasteiger partial charge in [0.15, 0.2) is 11.9 Å². The summed E-state index contributed by atoms with van der Waals surface area (Å²) >= 11 is 0. The van der Waals surface area contributed by atoms with Crippen molar-refractivity contribution >= 4 is 29.5 Å². The molecule has 10 nitrogen and oxygen atoms in total. The van der Waals surface area contributed by atoms with Crippen molar-refractivity contribution < 1.29 is 32.9 Å². The molecule has 1 aromatic carbocycles. The number of ether oxygens (including phenoxy) is 1. The summed E-state index contributed by atoms with van der Waals surface area (Å²) in [6.07, 6.45) is 0.583. The van der Waals surface area contributed by atoms with Crippen LogP contribution in [0.4, 0.5) is 5.82 Å². The number of amides is 3. The van der Waals surface area contributed by atoms with Gasteiger partial charge in [-0.1, -0.05) is 12.1 Å². The lowest BCUT2D eigenvalue weighted by atomic mass is 10.1. The first-order valence-corrected chi connectivity index (χ1v) is 9.85. The number of nitrogens with one attached hydrogen (secondary N) is 1. The average Bonchev–Trinajstić information content (AvgIpc) is 3.50. The first-order chi connectivity index (χ1) is 15.4. The monoisotopic (exact) mass is 437 g/mol. The van der Waals surface area contributed by atoms with Crippen LogP contribution in [0.1, 0.15) is 55.9 Å². The van der Waals surface area contributed by atoms with Gasteiger partial charge in [-0.05, 0) is 43.7 Å². The number of benzene rings is 1. The Kier molecular flexibility index (Phi) is 5.59. The predicted octanol–water partition coefficient (Wildman–Crippen LogP) is 2.95. The number of aromatic nitrogens is 1. The summed E-state index contributed by atoms with van der Waals surface area (Å²) in [5.74, 6) is -1.19. The summed E-state index contributed by atoms with van der Waals surface area (Å²) in [4.78, 5) is 51.4. The van der Waals surface area contributed by atoms with E-state index in [1.165, 1.54) is 30.5 Å². The molecular weight excluding hydrogens is 418 g/mol. The van der Waals surface area contributed by atoms with Crippen LogP contribution in [0.25, 0.3) is 0 Å². The topological polar surface area (TPSA) is 132 Å². The smallest absolute Gasteiger partial charge is 0.338 e. The van der Waals surface area contributed by atoms with Gasteiger partial charge in [-0.3, -0.25) is 19.3 Å². The van der Waals surface area contributed by atoms with Crippen molar-refractivity contribution in [2.24, 2.45) is 0 Å². The number of rotatable bonds is 7. The maximum absolute atomic E-state index is 12.7. The normalized spacial score (nSPS) is 13.8. The molecular formula is C22H19N3O7. The van der Waals surface area contributed by atoms with Gasteiger partial charge in [-0.15, -0.1) is 0 Å². The third kappa shape index (κ3) is 4.02. The van der Waals surface area contributed by atoms with Crippen LogP contribution < -0.4 is 5.32 Å². The summed E-state index contributed by atoms with van der Waals surface area (Å²) in [6, 6.07) is 8.92. The zero-order valence-corrected chi connectivity index (χ0v) is 17.3. The molecule has 0 fully saturated rings. The number of hydrogen-bond acceptors (Lipinski definition) is 8. The van der Waals surface area contributed by atoms with Crippen LogP contribution in [0, 0.1) is 6.92 Å². The van der Waals surface area contributed by atoms with Crippen LogP contribution in [0.3, 0.4) is 0 Å². The number of carbonyl (C=O) groups is 4. The van der Waals surface area contributed by atoms with Crippen LogP contribution in [-0.4, -0.2) is 39.9 Å². The van der Waals surface area contributed by atoms with Crippen molar-refractivity contribution in [2.45, 2.75) is 32.9 Å². The fourth-order valence-electron chi connectivity index (χ4n) is 3.27. The van der Waals surface area contributed by atoms with Crippen LogP contribution in [0.15, 0.2) is 51.6 Å². The molecule has 0 unspecified atom stereocenters. The summed E-state index contributed by atoms with van der Waals surface area (Å²) in [7, 11) is 0. The Hall–Kier alpha value is -4.21. The number of nitrogens with zero attached hydrogens (tertiary/aromatic N) is 2. The van der Waals surface area contributed by atoms with Gasteiger partial charge in [0.2, 0.25) is 0 Å². The fourth-order valence-corrected chi connectivity index (χ4v) is 3.27. The first-order valence-electron chi connectivity index (χ1n) is 9.85. The maximum Gasteiger partial charge on any atom is 0.338 e. The van der Waals surface area contributed by atoms with Crippen molar-refractivity contribution in [2.75, 3.05) is 5.32 Å². The number of hydrogen-bond donors (Lipinski definition) is 1. The van der Waals surface area contributed by atoms with E-state index in [1.807, 2.05) is 0 Å². The summed E-state index contributed by atoms with van der Waals surface area (Å²) < 4.78 is 15.4. The number of anilines is 1. The van der Waals surface area contributed by atoms with Crippen LogP contribution in [0.2, 0.25) is 0 Å². The predicted molar refractivity (Wildman–Crippen MR) is 109 cm³/mol. The molecule has 0 saturated carbocycles. The highest BCUT2D eigenvalue weighted by molar-refractivity contribution is 6.21. The van der Waals surface area contributed by atoms with Crippen LogP contribution in [-0.2, 0) is 16.1 Å². The largest absolute Gasteiger partial charge is 0.467 e. The third-order valence-corrected chi connectivity index (χ3v) is 4.89. The van der Waals surface area contributed by atoms with E-state index in [4.69, 9.17) is 13.7 Å². The lowest BCUT2D eigenvalue weighted by Gasteiger charge is -2.15. The molecule has 164 valence electrons. The Labute approximate surface area is 182 Å². The Morgan fingerprint density at radius 3 is 2.59 bits per heavy atom. The highest BCUT2D eigenvalue weighted by Crippen LogP contribution is 2.26. The minimum Gasteiger partial charge on any atom is -0.467 e. The lowest BCUT2D eigenvalue weighted by Crippen LogP contribution is -2.32. The van der Waals surface area contributed by atoms with Gasteiger partial charge >= 0.3 is 5.97 Å². The summed E-state index contributed by atoms with van der Waals surface area (Å²) in [6.45, 7) is 3.34. The van der Waals surface area contributed by atoms with E-state index in [-0.39, 0.29) is 35.5 Å². The third-order valence-electron chi connectivity index (χ3n) is 4.89. The highest BCUT2D eigenvalue weighted by Gasteiger charge is 2.37. The second kappa shape index (κ2) is 8.50. The van der Waals surface area contributed by atoms with Crippen LogP contribution in [0.5, 0.6) is 0 Å². The van der Waals surface area contributed by atoms with Crippen molar-refractivity contribution in [3.05, 3.63) is 70.9 Å². The van der Waals surface area contributed by atoms with Crippen molar-refractivity contribution in [1.82, 2.24) is 10.1 Å². The molecule has 32 heavy (non-hydrogen) atoms. The number of carbonyl (C=O) groups excluding carboxylic acids is 4. The molecule has 10 heteroatoms. The Balaban J connectivity index is 1.47. The van der Waals surface area contributed by atoms with Gasteiger partial charge in [-0.2, -0.15) is 0 Å². The van der Waals surface area contributed by atoms with Crippen molar-refractivity contribution in [3.8, 4) is 0 Å². The van der Waals surface area contributed by atoms with Crippen molar-refractivity contribution in [1.29, 1.82) is 0 Å². The lowest BCUT2D eigenvalue weighted by molar-refractivity contribution is -0.124. The van der Waals surface area contributed by atoms with Gasteiger partial charge < -0.3 is 19.0 Å². The molecule has 1 aliphatic heterocycles. The molecule has 0 spiro atoms. The zero-order valence-electron chi connectivity index (χ0n) is 17.3. The van der Waals surface area contributed by atoms with Crippen LogP contribution >= 0.6 is 0 Å². The second-order valence-electron chi connectivity index (χ2n) is 7.15. The molecule has 2 aromatic heterocycles. The molecule has 0 saturated heterocycles. The summed E-state index contributed by atoms with van der Waals surface area (Å²) in [5, 5.41) is 6.19. The van der Waals surface area contributed by atoms with Gasteiger partial charge in [0.25, 0.3) is 17.7 Å². The Bertz CT molecular complexity index is 1200. The molecule has 1 atom stereocenters. The van der Waals surface area contributed by atoms with E-state index in [0.29, 0.717) is 11.5 Å². The minimum absolute atomic E-state index is 0.0152.